The first-order valence-electron chi connectivity index (χ1n) is 8.32. The number of carbonyl (C=O) groups excluding carboxylic acids is 1. The van der Waals surface area contributed by atoms with Crippen molar-refractivity contribution in [2.24, 2.45) is 5.41 Å². The Kier molecular flexibility index (Phi) is 7.54. The van der Waals surface area contributed by atoms with E-state index in [4.69, 9.17) is 0 Å². The van der Waals surface area contributed by atoms with Gasteiger partial charge in [-0.05, 0) is 25.7 Å². The standard InChI is InChI=1S/C16H30N2O3/c1-3-5-9-13(8-4-2)18-15(21)17-12-16(14(19)20)10-6-7-11-16/h13H,3-12H2,1-2H3,(H,19,20)(H2,17,18,21). The highest BCUT2D eigenvalue weighted by Gasteiger charge is 2.41. The van der Waals surface area contributed by atoms with Crippen LogP contribution in [0.4, 0.5) is 4.79 Å². The number of amides is 2. The van der Waals surface area contributed by atoms with E-state index in [0.717, 1.165) is 44.9 Å². The molecular formula is C16H30N2O3. The minimum absolute atomic E-state index is 0.194. The molecule has 0 heterocycles. The molecule has 0 saturated heterocycles. The number of hydrogen-bond acceptors (Lipinski definition) is 2. The summed E-state index contributed by atoms with van der Waals surface area (Å²) in [6.07, 6.45) is 8.41. The van der Waals surface area contributed by atoms with E-state index in [0.29, 0.717) is 12.8 Å². The van der Waals surface area contributed by atoms with E-state index < -0.39 is 11.4 Å². The number of rotatable bonds is 9. The summed E-state index contributed by atoms with van der Waals surface area (Å²) in [4.78, 5) is 23.4. The maximum absolute atomic E-state index is 12.0. The van der Waals surface area contributed by atoms with Crippen LogP contribution in [-0.2, 0) is 4.79 Å². The Morgan fingerprint density at radius 3 is 2.33 bits per heavy atom. The number of unbranched alkanes of at least 4 members (excludes halogenated alkanes) is 1. The van der Waals surface area contributed by atoms with Crippen LogP contribution in [0.15, 0.2) is 0 Å². The summed E-state index contributed by atoms with van der Waals surface area (Å²) < 4.78 is 0. The predicted octanol–water partition coefficient (Wildman–Crippen LogP) is 3.29. The molecule has 0 bridgehead atoms. The quantitative estimate of drug-likeness (QED) is 0.611. The van der Waals surface area contributed by atoms with Crippen molar-refractivity contribution in [1.82, 2.24) is 10.6 Å². The van der Waals surface area contributed by atoms with Gasteiger partial charge in [0, 0.05) is 12.6 Å². The van der Waals surface area contributed by atoms with Gasteiger partial charge in [-0.15, -0.1) is 0 Å². The second kappa shape index (κ2) is 8.90. The van der Waals surface area contributed by atoms with Crippen LogP contribution in [0.2, 0.25) is 0 Å². The molecule has 1 rings (SSSR count). The molecule has 1 unspecified atom stereocenters. The Bertz CT molecular complexity index is 338. The van der Waals surface area contributed by atoms with Gasteiger partial charge in [0.05, 0.1) is 5.41 Å². The number of urea groups is 1. The van der Waals surface area contributed by atoms with E-state index in [9.17, 15) is 14.7 Å². The van der Waals surface area contributed by atoms with E-state index in [2.05, 4.69) is 24.5 Å². The topological polar surface area (TPSA) is 78.4 Å². The summed E-state index contributed by atoms with van der Waals surface area (Å²) in [5, 5.41) is 15.2. The fraction of sp³-hybridized carbons (Fsp3) is 0.875. The van der Waals surface area contributed by atoms with E-state index in [-0.39, 0.29) is 18.6 Å². The van der Waals surface area contributed by atoms with Crippen molar-refractivity contribution in [3.8, 4) is 0 Å². The second-order valence-electron chi connectivity index (χ2n) is 6.25. The van der Waals surface area contributed by atoms with Gasteiger partial charge < -0.3 is 15.7 Å². The van der Waals surface area contributed by atoms with Crippen LogP contribution in [0.3, 0.4) is 0 Å². The molecule has 1 aliphatic carbocycles. The molecule has 3 N–H and O–H groups in total. The Morgan fingerprint density at radius 2 is 1.81 bits per heavy atom. The molecule has 2 amide bonds. The highest BCUT2D eigenvalue weighted by Crippen LogP contribution is 2.37. The molecule has 1 aliphatic rings. The zero-order valence-corrected chi connectivity index (χ0v) is 13.4. The normalized spacial score (nSPS) is 18.2. The predicted molar refractivity (Wildman–Crippen MR) is 83.3 cm³/mol. The Labute approximate surface area is 127 Å². The molecule has 0 spiro atoms. The molecule has 0 aromatic rings. The maximum atomic E-state index is 12.0. The van der Waals surface area contributed by atoms with E-state index >= 15 is 0 Å². The van der Waals surface area contributed by atoms with Gasteiger partial charge in [0.1, 0.15) is 0 Å². The third-order valence-electron chi connectivity index (χ3n) is 4.48. The van der Waals surface area contributed by atoms with Crippen LogP contribution < -0.4 is 10.6 Å². The summed E-state index contributed by atoms with van der Waals surface area (Å²) in [5.41, 5.74) is -0.749. The lowest BCUT2D eigenvalue weighted by Gasteiger charge is -2.25. The number of carboxylic acids is 1. The molecule has 5 nitrogen and oxygen atoms in total. The molecule has 0 radical (unpaired) electrons. The fourth-order valence-electron chi connectivity index (χ4n) is 3.09. The largest absolute Gasteiger partial charge is 0.481 e. The average Bonchev–Trinajstić information content (AvgIpc) is 2.93. The van der Waals surface area contributed by atoms with Crippen LogP contribution in [-0.4, -0.2) is 29.7 Å². The minimum Gasteiger partial charge on any atom is -0.481 e. The first-order valence-corrected chi connectivity index (χ1v) is 8.32. The fourth-order valence-corrected chi connectivity index (χ4v) is 3.09. The van der Waals surface area contributed by atoms with Crippen molar-refractivity contribution in [2.75, 3.05) is 6.54 Å². The second-order valence-corrected chi connectivity index (χ2v) is 6.25. The van der Waals surface area contributed by atoms with Crippen molar-refractivity contribution in [3.05, 3.63) is 0 Å². The summed E-state index contributed by atoms with van der Waals surface area (Å²) in [7, 11) is 0. The Balaban J connectivity index is 2.42. The molecule has 1 saturated carbocycles. The molecule has 21 heavy (non-hydrogen) atoms. The monoisotopic (exact) mass is 298 g/mol. The molecule has 122 valence electrons. The van der Waals surface area contributed by atoms with Crippen molar-refractivity contribution in [1.29, 1.82) is 0 Å². The van der Waals surface area contributed by atoms with Crippen LogP contribution >= 0.6 is 0 Å². The summed E-state index contributed by atoms with van der Waals surface area (Å²) in [6, 6.07) is -0.0311. The van der Waals surface area contributed by atoms with Gasteiger partial charge in [0.2, 0.25) is 0 Å². The van der Waals surface area contributed by atoms with Crippen LogP contribution in [0, 0.1) is 5.41 Å². The van der Waals surface area contributed by atoms with Gasteiger partial charge in [-0.1, -0.05) is 46.0 Å². The zero-order chi connectivity index (χ0) is 15.7. The number of aliphatic carboxylic acids is 1. The number of carboxylic acid groups (broad SMARTS) is 1. The van der Waals surface area contributed by atoms with Crippen molar-refractivity contribution in [3.63, 3.8) is 0 Å². The van der Waals surface area contributed by atoms with E-state index in [1.807, 2.05) is 0 Å². The number of hydrogen-bond donors (Lipinski definition) is 3. The molecular weight excluding hydrogens is 268 g/mol. The third-order valence-corrected chi connectivity index (χ3v) is 4.48. The lowest BCUT2D eigenvalue weighted by Crippen LogP contribution is -2.47. The molecule has 1 atom stereocenters. The minimum atomic E-state index is -0.781. The first-order chi connectivity index (χ1) is 10.0. The third kappa shape index (κ3) is 5.56. The van der Waals surface area contributed by atoms with Gasteiger partial charge in [0.15, 0.2) is 0 Å². The first kappa shape index (κ1) is 17.8. The molecule has 0 aromatic heterocycles. The maximum Gasteiger partial charge on any atom is 0.315 e. The molecule has 1 fully saturated rings. The van der Waals surface area contributed by atoms with Crippen LogP contribution in [0.5, 0.6) is 0 Å². The van der Waals surface area contributed by atoms with Crippen LogP contribution in [0.25, 0.3) is 0 Å². The Hall–Kier alpha value is -1.26. The number of carbonyl (C=O) groups is 2. The Morgan fingerprint density at radius 1 is 1.14 bits per heavy atom. The zero-order valence-electron chi connectivity index (χ0n) is 13.4. The molecule has 0 aromatic carbocycles. The van der Waals surface area contributed by atoms with Crippen molar-refractivity contribution < 1.29 is 14.7 Å². The van der Waals surface area contributed by atoms with E-state index in [1.54, 1.807) is 0 Å². The van der Waals surface area contributed by atoms with Gasteiger partial charge in [-0.2, -0.15) is 0 Å². The smallest absolute Gasteiger partial charge is 0.315 e. The van der Waals surface area contributed by atoms with Crippen LogP contribution in [0.1, 0.15) is 71.6 Å². The van der Waals surface area contributed by atoms with Crippen molar-refractivity contribution in [2.45, 2.75) is 77.7 Å². The molecule has 5 heteroatoms. The van der Waals surface area contributed by atoms with Gasteiger partial charge in [-0.3, -0.25) is 4.79 Å². The van der Waals surface area contributed by atoms with E-state index in [1.165, 1.54) is 0 Å². The van der Waals surface area contributed by atoms with Gasteiger partial charge in [-0.25, -0.2) is 4.79 Å². The highest BCUT2D eigenvalue weighted by molar-refractivity contribution is 5.78. The highest BCUT2D eigenvalue weighted by atomic mass is 16.4. The summed E-state index contributed by atoms with van der Waals surface area (Å²) in [5.74, 6) is -0.781. The van der Waals surface area contributed by atoms with Gasteiger partial charge >= 0.3 is 12.0 Å². The number of nitrogens with one attached hydrogen (secondary N) is 2. The SMILES string of the molecule is CCCCC(CCC)NC(=O)NCC1(C(=O)O)CCCC1. The lowest BCUT2D eigenvalue weighted by molar-refractivity contribution is -0.148. The van der Waals surface area contributed by atoms with Crippen molar-refractivity contribution >= 4 is 12.0 Å². The lowest BCUT2D eigenvalue weighted by atomic mass is 9.86. The summed E-state index contributed by atoms with van der Waals surface area (Å²) >= 11 is 0. The molecule has 0 aliphatic heterocycles. The van der Waals surface area contributed by atoms with Gasteiger partial charge in [0.25, 0.3) is 0 Å². The summed E-state index contributed by atoms with van der Waals surface area (Å²) in [6.45, 7) is 4.48. The average molecular weight is 298 g/mol.